The number of nitrogens with one attached hydrogen (secondary N) is 1. The van der Waals surface area contributed by atoms with Crippen LogP contribution in [0.15, 0.2) is 34.9 Å². The Morgan fingerprint density at radius 3 is 2.52 bits per heavy atom. The Balaban J connectivity index is 2.35. The summed E-state index contributed by atoms with van der Waals surface area (Å²) in [5.74, 6) is -1.00. The van der Waals surface area contributed by atoms with Crippen LogP contribution >= 0.6 is 15.9 Å². The number of anilines is 1. The molecule has 0 radical (unpaired) electrons. The van der Waals surface area contributed by atoms with Crippen LogP contribution in [0.5, 0.6) is 5.75 Å². The normalized spacial score (nSPS) is 10.7. The molecule has 122 valence electrons. The molecule has 0 atom stereocenters. The van der Waals surface area contributed by atoms with Crippen LogP contribution in [0, 0.1) is 0 Å². The van der Waals surface area contributed by atoms with Crippen molar-refractivity contribution in [2.45, 2.75) is 20.0 Å². The van der Waals surface area contributed by atoms with E-state index in [0.29, 0.717) is 17.1 Å². The van der Waals surface area contributed by atoms with Gasteiger partial charge in [0, 0.05) is 17.7 Å². The summed E-state index contributed by atoms with van der Waals surface area (Å²) in [7, 11) is 1.75. The molecule has 0 unspecified atom stereocenters. The van der Waals surface area contributed by atoms with E-state index in [1.165, 1.54) is 12.1 Å². The van der Waals surface area contributed by atoms with Gasteiger partial charge in [-0.15, -0.1) is 0 Å². The van der Waals surface area contributed by atoms with Gasteiger partial charge in [-0.25, -0.2) is 4.79 Å². The van der Waals surface area contributed by atoms with Crippen molar-refractivity contribution in [1.29, 1.82) is 0 Å². The van der Waals surface area contributed by atoms with Gasteiger partial charge in [0.1, 0.15) is 11.4 Å². The SMILES string of the molecule is CC(C)Oc1ccc(C(=O)O)cc1NC(=O)c1cc(Br)cn1C. The predicted molar refractivity (Wildman–Crippen MR) is 90.2 cm³/mol. The number of aryl methyl sites for hydroxylation is 1. The summed E-state index contributed by atoms with van der Waals surface area (Å²) in [6.45, 7) is 3.70. The van der Waals surface area contributed by atoms with Crippen molar-refractivity contribution < 1.29 is 19.4 Å². The first-order valence-electron chi connectivity index (χ1n) is 6.95. The minimum absolute atomic E-state index is 0.0736. The van der Waals surface area contributed by atoms with Crippen LogP contribution in [0.3, 0.4) is 0 Å². The Kier molecular flexibility index (Phi) is 5.10. The molecule has 7 heteroatoms. The molecule has 0 saturated heterocycles. The molecule has 1 heterocycles. The minimum atomic E-state index is -1.07. The van der Waals surface area contributed by atoms with Crippen molar-refractivity contribution in [2.24, 2.45) is 7.05 Å². The first kappa shape index (κ1) is 17.1. The molecule has 2 N–H and O–H groups in total. The number of hydrogen-bond acceptors (Lipinski definition) is 3. The summed E-state index contributed by atoms with van der Waals surface area (Å²) in [5.41, 5.74) is 0.832. The summed E-state index contributed by atoms with van der Waals surface area (Å²) < 4.78 is 8.08. The Bertz CT molecular complexity index is 753. The third-order valence-corrected chi connectivity index (χ3v) is 3.48. The second kappa shape index (κ2) is 6.87. The Morgan fingerprint density at radius 2 is 2.00 bits per heavy atom. The summed E-state index contributed by atoms with van der Waals surface area (Å²) in [4.78, 5) is 23.5. The van der Waals surface area contributed by atoms with Crippen LogP contribution in [0.2, 0.25) is 0 Å². The average molecular weight is 381 g/mol. The number of ether oxygens (including phenoxy) is 1. The molecule has 1 aromatic heterocycles. The molecule has 0 aliphatic heterocycles. The number of aromatic carboxylic acids is 1. The zero-order chi connectivity index (χ0) is 17.1. The lowest BCUT2D eigenvalue weighted by atomic mass is 10.2. The number of aromatic nitrogens is 1. The maximum atomic E-state index is 12.4. The van der Waals surface area contributed by atoms with Gasteiger partial charge in [0.15, 0.2) is 0 Å². The van der Waals surface area contributed by atoms with Crippen LogP contribution in [0.25, 0.3) is 0 Å². The molecule has 1 amide bonds. The number of benzene rings is 1. The number of nitrogens with zero attached hydrogens (tertiary/aromatic N) is 1. The Morgan fingerprint density at radius 1 is 1.30 bits per heavy atom. The molecule has 0 aliphatic carbocycles. The van der Waals surface area contributed by atoms with Crippen molar-refractivity contribution in [3.63, 3.8) is 0 Å². The molecule has 23 heavy (non-hydrogen) atoms. The number of hydrogen-bond donors (Lipinski definition) is 2. The number of amides is 1. The van der Waals surface area contributed by atoms with Gasteiger partial charge in [-0.1, -0.05) is 0 Å². The maximum absolute atomic E-state index is 12.4. The van der Waals surface area contributed by atoms with E-state index >= 15 is 0 Å². The first-order valence-corrected chi connectivity index (χ1v) is 7.74. The van der Waals surface area contributed by atoms with Crippen molar-refractivity contribution in [3.05, 3.63) is 46.2 Å². The highest BCUT2D eigenvalue weighted by Gasteiger charge is 2.16. The molecular formula is C16H17BrN2O4. The third-order valence-electron chi connectivity index (χ3n) is 3.04. The number of halogens is 1. The highest BCUT2D eigenvalue weighted by atomic mass is 79.9. The van der Waals surface area contributed by atoms with Crippen LogP contribution in [-0.2, 0) is 7.05 Å². The zero-order valence-electron chi connectivity index (χ0n) is 13.0. The highest BCUT2D eigenvalue weighted by Crippen LogP contribution is 2.28. The second-order valence-electron chi connectivity index (χ2n) is 5.29. The summed E-state index contributed by atoms with van der Waals surface area (Å²) in [6.07, 6.45) is 1.65. The molecule has 0 fully saturated rings. The predicted octanol–water partition coefficient (Wildman–Crippen LogP) is 3.53. The van der Waals surface area contributed by atoms with Crippen LogP contribution in [0.4, 0.5) is 5.69 Å². The van der Waals surface area contributed by atoms with Gasteiger partial charge < -0.3 is 19.7 Å². The van der Waals surface area contributed by atoms with E-state index in [2.05, 4.69) is 21.2 Å². The van der Waals surface area contributed by atoms with E-state index in [-0.39, 0.29) is 17.6 Å². The van der Waals surface area contributed by atoms with E-state index < -0.39 is 5.97 Å². The van der Waals surface area contributed by atoms with Crippen molar-refractivity contribution >= 4 is 33.5 Å². The lowest BCUT2D eigenvalue weighted by molar-refractivity contribution is 0.0696. The average Bonchev–Trinajstić information content (AvgIpc) is 2.79. The number of carbonyl (C=O) groups is 2. The zero-order valence-corrected chi connectivity index (χ0v) is 14.5. The molecule has 0 bridgehead atoms. The van der Waals surface area contributed by atoms with Crippen LogP contribution in [-0.4, -0.2) is 27.7 Å². The van der Waals surface area contributed by atoms with E-state index in [4.69, 9.17) is 9.84 Å². The monoisotopic (exact) mass is 380 g/mol. The van der Waals surface area contributed by atoms with Crippen LogP contribution in [0.1, 0.15) is 34.7 Å². The fraction of sp³-hybridized carbons (Fsp3) is 0.250. The van der Waals surface area contributed by atoms with E-state index in [1.807, 2.05) is 13.8 Å². The van der Waals surface area contributed by atoms with Crippen molar-refractivity contribution in [1.82, 2.24) is 4.57 Å². The molecule has 0 aliphatic rings. The Hall–Kier alpha value is -2.28. The molecule has 2 aromatic rings. The number of rotatable bonds is 5. The van der Waals surface area contributed by atoms with E-state index in [9.17, 15) is 9.59 Å². The third kappa shape index (κ3) is 4.13. The lowest BCUT2D eigenvalue weighted by Gasteiger charge is -2.15. The number of carbonyl (C=O) groups excluding carboxylic acids is 1. The van der Waals surface area contributed by atoms with Gasteiger partial charge >= 0.3 is 5.97 Å². The largest absolute Gasteiger partial charge is 0.489 e. The minimum Gasteiger partial charge on any atom is -0.489 e. The Labute approximate surface area is 142 Å². The van der Waals surface area contributed by atoms with Gasteiger partial charge in [-0.3, -0.25) is 4.79 Å². The highest BCUT2D eigenvalue weighted by molar-refractivity contribution is 9.10. The summed E-state index contributed by atoms with van der Waals surface area (Å²) in [5, 5.41) is 11.8. The fourth-order valence-electron chi connectivity index (χ4n) is 2.05. The van der Waals surface area contributed by atoms with Gasteiger partial charge in [0.05, 0.1) is 17.4 Å². The first-order chi connectivity index (χ1) is 10.8. The van der Waals surface area contributed by atoms with Gasteiger partial charge in [-0.05, 0) is 54.0 Å². The standard InChI is InChI=1S/C16H17BrN2O4/c1-9(2)23-14-5-4-10(16(21)22)6-12(14)18-15(20)13-7-11(17)8-19(13)3/h4-9H,1-3H3,(H,18,20)(H,21,22). The lowest BCUT2D eigenvalue weighted by Crippen LogP contribution is -2.17. The second-order valence-corrected chi connectivity index (χ2v) is 6.21. The molecule has 2 rings (SSSR count). The van der Waals surface area contributed by atoms with E-state index in [0.717, 1.165) is 4.47 Å². The van der Waals surface area contributed by atoms with E-state index in [1.54, 1.807) is 29.9 Å². The number of carboxylic acid groups (broad SMARTS) is 1. The smallest absolute Gasteiger partial charge is 0.335 e. The fourth-order valence-corrected chi connectivity index (χ4v) is 2.58. The summed E-state index contributed by atoms with van der Waals surface area (Å²) >= 11 is 3.31. The van der Waals surface area contributed by atoms with Crippen LogP contribution < -0.4 is 10.1 Å². The molecule has 1 aromatic carbocycles. The molecule has 0 spiro atoms. The van der Waals surface area contributed by atoms with Gasteiger partial charge in [-0.2, -0.15) is 0 Å². The molecule has 0 saturated carbocycles. The summed E-state index contributed by atoms with van der Waals surface area (Å²) in [6, 6.07) is 6.05. The topological polar surface area (TPSA) is 80.6 Å². The van der Waals surface area contributed by atoms with Gasteiger partial charge in [0.2, 0.25) is 0 Å². The van der Waals surface area contributed by atoms with Crippen molar-refractivity contribution in [3.8, 4) is 5.75 Å². The number of carboxylic acids is 1. The maximum Gasteiger partial charge on any atom is 0.335 e. The van der Waals surface area contributed by atoms with Gasteiger partial charge in [0.25, 0.3) is 5.91 Å². The molecule has 6 nitrogen and oxygen atoms in total. The van der Waals surface area contributed by atoms with Crippen molar-refractivity contribution in [2.75, 3.05) is 5.32 Å². The molecular weight excluding hydrogens is 364 g/mol. The quantitative estimate of drug-likeness (QED) is 0.831.